The highest BCUT2D eigenvalue weighted by atomic mass is 28.3. The van der Waals surface area contributed by atoms with Gasteiger partial charge in [-0.2, -0.15) is 0 Å². The summed E-state index contributed by atoms with van der Waals surface area (Å²) in [6, 6.07) is 11.3. The first-order valence-electron chi connectivity index (χ1n) is 6.68. The summed E-state index contributed by atoms with van der Waals surface area (Å²) < 4.78 is 0. The minimum absolute atomic E-state index is 0.940. The number of benzene rings is 1. The molecule has 88 valence electrons. The molecule has 0 heterocycles. The molecule has 1 saturated carbocycles. The van der Waals surface area contributed by atoms with Crippen LogP contribution < -0.4 is 5.19 Å². The van der Waals surface area contributed by atoms with Crippen molar-refractivity contribution in [2.75, 3.05) is 0 Å². The Kier molecular flexibility index (Phi) is 3.53. The molecule has 0 aromatic heterocycles. The van der Waals surface area contributed by atoms with Crippen LogP contribution in [0.15, 0.2) is 30.3 Å². The second kappa shape index (κ2) is 4.75. The third kappa shape index (κ3) is 2.24. The van der Waals surface area contributed by atoms with Crippen molar-refractivity contribution >= 4 is 13.3 Å². The van der Waals surface area contributed by atoms with Crippen molar-refractivity contribution in [2.45, 2.75) is 51.2 Å². The number of hydrogen-bond donors (Lipinski definition) is 0. The van der Waals surface area contributed by atoms with Crippen LogP contribution in [0.5, 0.6) is 0 Å². The maximum Gasteiger partial charge on any atom is 0.0839 e. The van der Waals surface area contributed by atoms with E-state index in [9.17, 15) is 0 Å². The van der Waals surface area contributed by atoms with Gasteiger partial charge in [0.15, 0.2) is 0 Å². The van der Waals surface area contributed by atoms with E-state index < -0.39 is 8.07 Å². The molecule has 1 aromatic carbocycles. The Bertz CT molecular complexity index is 329. The Morgan fingerprint density at radius 3 is 2.25 bits per heavy atom. The second-order valence-corrected chi connectivity index (χ2v) is 10.7. The maximum absolute atomic E-state index is 2.56. The normalized spacial score (nSPS) is 26.7. The predicted molar refractivity (Wildman–Crippen MR) is 74.9 cm³/mol. The summed E-state index contributed by atoms with van der Waals surface area (Å²) in [7, 11) is -1.24. The largest absolute Gasteiger partial charge is 0.0839 e. The van der Waals surface area contributed by atoms with Gasteiger partial charge in [-0.3, -0.25) is 0 Å². The molecule has 1 aromatic rings. The SMILES string of the molecule is C[C@@H]1CCCC[C@@H]1[Si](C)(C)c1ccccc1. The summed E-state index contributed by atoms with van der Waals surface area (Å²) in [6.07, 6.45) is 5.83. The van der Waals surface area contributed by atoms with E-state index in [0.29, 0.717) is 0 Å². The average Bonchev–Trinajstić information content (AvgIpc) is 2.30. The van der Waals surface area contributed by atoms with E-state index in [1.165, 1.54) is 25.7 Å². The molecule has 0 radical (unpaired) electrons. The summed E-state index contributed by atoms with van der Waals surface area (Å²) in [5, 5.41) is 1.65. The topological polar surface area (TPSA) is 0 Å². The van der Waals surface area contributed by atoms with E-state index in [0.717, 1.165) is 11.5 Å². The zero-order valence-corrected chi connectivity index (χ0v) is 11.9. The molecular formula is C15H24Si. The van der Waals surface area contributed by atoms with Crippen LogP contribution in [0.1, 0.15) is 32.6 Å². The van der Waals surface area contributed by atoms with Gasteiger partial charge >= 0.3 is 0 Å². The Hall–Kier alpha value is -0.563. The smallest absolute Gasteiger partial charge is 0.0652 e. The molecule has 0 spiro atoms. The molecule has 1 aliphatic carbocycles. The van der Waals surface area contributed by atoms with Crippen LogP contribution >= 0.6 is 0 Å². The molecule has 1 heteroatoms. The lowest BCUT2D eigenvalue weighted by atomic mass is 9.90. The first-order valence-corrected chi connectivity index (χ1v) is 9.75. The molecular weight excluding hydrogens is 208 g/mol. The fraction of sp³-hybridized carbons (Fsp3) is 0.600. The van der Waals surface area contributed by atoms with Crippen LogP contribution in [-0.4, -0.2) is 8.07 Å². The molecule has 0 bridgehead atoms. The van der Waals surface area contributed by atoms with Crippen LogP contribution in [0, 0.1) is 5.92 Å². The third-order valence-corrected chi connectivity index (χ3v) is 9.09. The minimum atomic E-state index is -1.24. The molecule has 0 N–H and O–H groups in total. The third-order valence-electron chi connectivity index (χ3n) is 4.56. The van der Waals surface area contributed by atoms with Crippen LogP contribution in [0.25, 0.3) is 0 Å². The van der Waals surface area contributed by atoms with Crippen molar-refractivity contribution < 1.29 is 0 Å². The van der Waals surface area contributed by atoms with E-state index in [2.05, 4.69) is 50.3 Å². The molecule has 1 fully saturated rings. The molecule has 2 rings (SSSR count). The van der Waals surface area contributed by atoms with E-state index in [4.69, 9.17) is 0 Å². The number of hydrogen-bond acceptors (Lipinski definition) is 0. The average molecular weight is 232 g/mol. The molecule has 0 saturated heterocycles. The zero-order valence-electron chi connectivity index (χ0n) is 10.9. The van der Waals surface area contributed by atoms with Crippen molar-refractivity contribution in [3.05, 3.63) is 30.3 Å². The van der Waals surface area contributed by atoms with E-state index in [1.807, 2.05) is 0 Å². The van der Waals surface area contributed by atoms with Crippen LogP contribution in [0.2, 0.25) is 18.6 Å². The lowest BCUT2D eigenvalue weighted by Gasteiger charge is -2.40. The van der Waals surface area contributed by atoms with Crippen molar-refractivity contribution in [3.63, 3.8) is 0 Å². The van der Waals surface area contributed by atoms with Gasteiger partial charge in [0.05, 0.1) is 8.07 Å². The summed E-state index contributed by atoms with van der Waals surface area (Å²) in [4.78, 5) is 0. The number of rotatable bonds is 2. The molecule has 0 nitrogen and oxygen atoms in total. The van der Waals surface area contributed by atoms with Gasteiger partial charge in [-0.05, 0) is 11.5 Å². The quantitative estimate of drug-likeness (QED) is 0.671. The van der Waals surface area contributed by atoms with Gasteiger partial charge in [0.1, 0.15) is 0 Å². The summed E-state index contributed by atoms with van der Waals surface area (Å²) in [5.74, 6) is 0.940. The summed E-state index contributed by atoms with van der Waals surface area (Å²) in [5.41, 5.74) is 0.989. The van der Waals surface area contributed by atoms with Crippen LogP contribution in [0.3, 0.4) is 0 Å². The first kappa shape index (κ1) is 11.9. The standard InChI is InChI=1S/C15H24Si/c1-13-9-7-8-12-15(13)16(2,3)14-10-5-4-6-11-14/h4-6,10-11,13,15H,7-9,12H2,1-3H3/t13-,15+/m1/s1. The molecule has 2 atom stereocenters. The lowest BCUT2D eigenvalue weighted by molar-refractivity contribution is 0.377. The highest BCUT2D eigenvalue weighted by Crippen LogP contribution is 2.40. The van der Waals surface area contributed by atoms with E-state index >= 15 is 0 Å². The second-order valence-electron chi connectivity index (χ2n) is 5.96. The maximum atomic E-state index is 2.56. The first-order chi connectivity index (χ1) is 7.62. The highest BCUT2D eigenvalue weighted by Gasteiger charge is 2.37. The molecule has 1 aliphatic rings. The molecule has 16 heavy (non-hydrogen) atoms. The molecule has 0 aliphatic heterocycles. The summed E-state index contributed by atoms with van der Waals surface area (Å²) >= 11 is 0. The van der Waals surface area contributed by atoms with Crippen LogP contribution in [-0.2, 0) is 0 Å². The minimum Gasteiger partial charge on any atom is -0.0652 e. The lowest BCUT2D eigenvalue weighted by Crippen LogP contribution is -2.48. The van der Waals surface area contributed by atoms with Gasteiger partial charge in [-0.1, -0.05) is 81.2 Å². The molecule has 0 amide bonds. The van der Waals surface area contributed by atoms with Gasteiger partial charge in [0.25, 0.3) is 0 Å². The van der Waals surface area contributed by atoms with Gasteiger partial charge in [0, 0.05) is 0 Å². The van der Waals surface area contributed by atoms with Crippen molar-refractivity contribution in [1.82, 2.24) is 0 Å². The zero-order chi connectivity index (χ0) is 11.6. The van der Waals surface area contributed by atoms with E-state index in [-0.39, 0.29) is 0 Å². The fourth-order valence-electron chi connectivity index (χ4n) is 3.47. The molecule has 0 unspecified atom stereocenters. The predicted octanol–water partition coefficient (Wildman–Crippen LogP) is 4.18. The Balaban J connectivity index is 2.23. The van der Waals surface area contributed by atoms with Gasteiger partial charge < -0.3 is 0 Å². The van der Waals surface area contributed by atoms with Crippen molar-refractivity contribution in [1.29, 1.82) is 0 Å². The van der Waals surface area contributed by atoms with Crippen LogP contribution in [0.4, 0.5) is 0 Å². The van der Waals surface area contributed by atoms with Crippen molar-refractivity contribution in [2.24, 2.45) is 5.92 Å². The fourth-order valence-corrected chi connectivity index (χ4v) is 7.46. The van der Waals surface area contributed by atoms with Crippen molar-refractivity contribution in [3.8, 4) is 0 Å². The monoisotopic (exact) mass is 232 g/mol. The summed E-state index contributed by atoms with van der Waals surface area (Å²) in [6.45, 7) is 7.60. The Morgan fingerprint density at radius 2 is 1.62 bits per heavy atom. The van der Waals surface area contributed by atoms with Gasteiger partial charge in [-0.15, -0.1) is 0 Å². The Morgan fingerprint density at radius 1 is 1.00 bits per heavy atom. The van der Waals surface area contributed by atoms with Gasteiger partial charge in [-0.25, -0.2) is 0 Å². The van der Waals surface area contributed by atoms with E-state index in [1.54, 1.807) is 5.19 Å². The Labute approximate surface area is 101 Å². The van der Waals surface area contributed by atoms with Gasteiger partial charge in [0.2, 0.25) is 0 Å². The highest BCUT2D eigenvalue weighted by molar-refractivity contribution is 6.91.